The molecule has 15 aromatic rings. The fourth-order valence-electron chi connectivity index (χ4n) is 10.0. The Morgan fingerprint density at radius 3 is 1.12 bits per heavy atom. The number of carbonyl (C=O) groups excluding carboxylic acids is 2. The van der Waals surface area contributed by atoms with Crippen molar-refractivity contribution in [2.75, 3.05) is 7.11 Å². The van der Waals surface area contributed by atoms with Crippen molar-refractivity contribution in [1.82, 2.24) is 125 Å². The Morgan fingerprint density at radius 2 is 0.802 bits per heavy atom. The zero-order valence-electron chi connectivity index (χ0n) is 52.8. The van der Waals surface area contributed by atoms with Crippen LogP contribution in [0, 0.1) is 0 Å². The Hall–Kier alpha value is -12.7. The number of pyridine rings is 3. The summed E-state index contributed by atoms with van der Waals surface area (Å²) >= 11 is 0. The number of amides is 1. The number of ether oxygens (including phenoxy) is 1. The topological polar surface area (TPSA) is 435 Å². The van der Waals surface area contributed by atoms with Gasteiger partial charge in [-0.2, -0.15) is 15.3 Å². The van der Waals surface area contributed by atoms with E-state index in [2.05, 4.69) is 99.3 Å². The Morgan fingerprint density at radius 1 is 0.469 bits per heavy atom. The summed E-state index contributed by atoms with van der Waals surface area (Å²) in [7, 11) is 1.36. The second-order valence-corrected chi connectivity index (χ2v) is 23.4. The van der Waals surface area contributed by atoms with Crippen LogP contribution in [0.4, 0.5) is 0 Å². The first-order valence-corrected chi connectivity index (χ1v) is 29.3. The van der Waals surface area contributed by atoms with Crippen LogP contribution < -0.4 is 11.9 Å². The summed E-state index contributed by atoms with van der Waals surface area (Å²) in [6.07, 6.45) is 20.1. The minimum absolute atomic E-state index is 0. The van der Waals surface area contributed by atoms with Gasteiger partial charge in [-0.3, -0.25) is 33.8 Å². The summed E-state index contributed by atoms with van der Waals surface area (Å²) in [4.78, 5) is 75.6. The van der Waals surface area contributed by atoms with E-state index in [4.69, 9.17) is 20.4 Å². The Bertz CT molecular complexity index is 5160. The van der Waals surface area contributed by atoms with E-state index in [0.29, 0.717) is 81.7 Å². The quantitative estimate of drug-likeness (QED) is 0.0943. The molecule has 0 radical (unpaired) electrons. The average molecular weight is 1290 g/mol. The van der Waals surface area contributed by atoms with Gasteiger partial charge in [-0.25, -0.2) is 53.5 Å². The van der Waals surface area contributed by atoms with Crippen LogP contribution in [-0.4, -0.2) is 155 Å². The van der Waals surface area contributed by atoms with Crippen molar-refractivity contribution < 1.29 is 29.7 Å². The number of aliphatic carboxylic acids is 1. The number of esters is 1. The Kier molecular flexibility index (Phi) is 17.6. The molecule has 3 aromatic carbocycles. The van der Waals surface area contributed by atoms with Gasteiger partial charge in [0, 0.05) is 70.0 Å². The number of rotatable bonds is 15. The number of methoxy groups -OCH3 is 1. The number of hydrogen-bond donors (Lipinski definition) is 3. The second kappa shape index (κ2) is 26.1. The molecule has 0 aliphatic rings. The highest BCUT2D eigenvalue weighted by Gasteiger charge is 2.33. The number of nitrogens with zero attached hydrogens (tertiary/aromatic N) is 24. The van der Waals surface area contributed by atoms with Gasteiger partial charge >= 0.3 is 11.9 Å². The van der Waals surface area contributed by atoms with Gasteiger partial charge in [0.2, 0.25) is 22.8 Å². The molecule has 0 spiro atoms. The maximum Gasteiger partial charge on any atom is 0.333 e. The lowest BCUT2D eigenvalue weighted by atomic mass is 10.1. The Balaban J connectivity index is 0.000000145. The molecule has 0 fully saturated rings. The lowest BCUT2D eigenvalue weighted by molar-refractivity contribution is -0.150. The number of benzene rings is 3. The van der Waals surface area contributed by atoms with Crippen molar-refractivity contribution in [3.63, 3.8) is 0 Å². The van der Waals surface area contributed by atoms with E-state index < -0.39 is 28.5 Å². The number of carbonyl (C=O) groups is 3. The van der Waals surface area contributed by atoms with Crippen molar-refractivity contribution in [3.8, 4) is 33.8 Å². The van der Waals surface area contributed by atoms with Crippen molar-refractivity contribution >= 4 is 84.4 Å². The molecule has 0 aliphatic carbocycles. The highest BCUT2D eigenvalue weighted by molar-refractivity contribution is 5.83. The number of fused-ring (bicyclic) bond motifs is 6. The molecule has 0 aliphatic heterocycles. The molecule has 12 heterocycles. The van der Waals surface area contributed by atoms with E-state index in [1.165, 1.54) is 16.5 Å². The van der Waals surface area contributed by atoms with Gasteiger partial charge in [0.25, 0.3) is 0 Å². The maximum absolute atomic E-state index is 12.1. The first-order chi connectivity index (χ1) is 45.3. The molecule has 96 heavy (non-hydrogen) atoms. The Labute approximate surface area is 543 Å². The van der Waals surface area contributed by atoms with Gasteiger partial charge in [-0.15, -0.1) is 15.3 Å². The van der Waals surface area contributed by atoms with Crippen LogP contribution in [0.1, 0.15) is 58.2 Å². The minimum Gasteiger partial charge on any atom is -0.479 e. The number of nitrogens with two attached hydrogens (primary N) is 1. The molecule has 15 rings (SSSR count). The van der Waals surface area contributed by atoms with Crippen molar-refractivity contribution in [2.24, 2.45) is 5.73 Å². The largest absolute Gasteiger partial charge is 0.479 e. The lowest BCUT2D eigenvalue weighted by Crippen LogP contribution is -2.41. The minimum atomic E-state index is -1.18. The van der Waals surface area contributed by atoms with Crippen LogP contribution in [-0.2, 0) is 55.4 Å². The summed E-state index contributed by atoms with van der Waals surface area (Å²) in [5, 5.41) is 50.4. The number of carboxylic acids is 1. The van der Waals surface area contributed by atoms with Gasteiger partial charge in [-0.1, -0.05) is 52.0 Å². The zero-order valence-corrected chi connectivity index (χ0v) is 52.8. The number of aromatic nitrogens is 24. The normalized spacial score (nSPS) is 11.7. The molecular weight excluding hydrogens is 1230 g/mol. The third-order valence-corrected chi connectivity index (χ3v) is 15.8. The van der Waals surface area contributed by atoms with E-state index >= 15 is 0 Å². The molecule has 0 unspecified atom stereocenters. The molecule has 32 nitrogen and oxygen atoms in total. The molecule has 0 saturated carbocycles. The molecule has 0 bridgehead atoms. The molecule has 12 aromatic heterocycles. The second-order valence-electron chi connectivity index (χ2n) is 23.4. The van der Waals surface area contributed by atoms with Gasteiger partial charge < -0.3 is 27.2 Å². The van der Waals surface area contributed by atoms with E-state index in [1.807, 2.05) is 72.8 Å². The third kappa shape index (κ3) is 12.8. The number of primary amides is 1. The SMILES string of the molecule is CC(C)(C(=O)O)n1cc(-c2cnc3nnn(Cc4ccc5ncccc5c4)c3n2)cn1.CC(C)(C(N)=O)n1cc(-c2cnc3nnn(Cc4ccc5ncccc5c4)c3n2)cn1.COC(=O)C(C)(C)n1cc(-c2cnc3nnn(Cc4ccc5ncccc5c4)c3n2)cn1.N.O. The summed E-state index contributed by atoms with van der Waals surface area (Å²) in [6, 6.07) is 30.0. The van der Waals surface area contributed by atoms with Gasteiger partial charge in [0.05, 0.1) is 97.6 Å². The lowest BCUT2D eigenvalue weighted by Gasteiger charge is -2.21. The number of hydrogen-bond acceptors (Lipinski definition) is 23. The maximum atomic E-state index is 12.1. The van der Waals surface area contributed by atoms with Crippen LogP contribution in [0.25, 0.3) is 100 Å². The molecule has 484 valence electrons. The summed E-state index contributed by atoms with van der Waals surface area (Å²) in [6.45, 7) is 11.5. The first kappa shape index (κ1) is 64.8. The van der Waals surface area contributed by atoms with E-state index in [-0.39, 0.29) is 17.6 Å². The highest BCUT2D eigenvalue weighted by atomic mass is 16.5. The predicted octanol–water partition coefficient (Wildman–Crippen LogP) is 6.33. The van der Waals surface area contributed by atoms with Crippen LogP contribution in [0.2, 0.25) is 0 Å². The highest BCUT2D eigenvalue weighted by Crippen LogP contribution is 2.27. The van der Waals surface area contributed by atoms with Gasteiger partial charge in [0.1, 0.15) is 5.54 Å². The van der Waals surface area contributed by atoms with Crippen LogP contribution >= 0.6 is 0 Å². The predicted molar refractivity (Wildman–Crippen MR) is 351 cm³/mol. The smallest absolute Gasteiger partial charge is 0.333 e. The van der Waals surface area contributed by atoms with Gasteiger partial charge in [-0.05, 0) is 113 Å². The standard InChI is InChI=1S/C22H20N8O2.C21H19N9O.C21H18N8O2.H3N.H2O/c1-22(2,21(31)32-3)30-13-16(10-25-30)18-11-24-19-20(26-18)29(28-27-19)12-14-6-7-17-15(9-14)5-4-8-23-17;1-21(2,20(22)31)30-12-15(9-25-30)17-10-24-18-19(26-17)29(28-27-18)11-13-5-6-16-14(8-13)4-3-7-23-16;1-21(2,20(30)31)29-12-15(9-24-29)17-10-23-18-19(25-17)28(27-26-18)11-13-5-6-16-14(8-13)4-3-7-22-16;;/h4-11,13H,12H2,1-3H3;3-10,12H,11H2,1-2H3,(H2,22,31);3-10,12H,11H2,1-2H3,(H,30,31);1H3;1H2. The molecule has 0 atom stereocenters. The van der Waals surface area contributed by atoms with Crippen LogP contribution in [0.3, 0.4) is 0 Å². The fourth-order valence-corrected chi connectivity index (χ4v) is 10.0. The van der Waals surface area contributed by atoms with Crippen molar-refractivity contribution in [2.45, 2.75) is 77.8 Å². The van der Waals surface area contributed by atoms with E-state index in [0.717, 1.165) is 55.0 Å². The van der Waals surface area contributed by atoms with E-state index in [9.17, 15) is 19.5 Å². The van der Waals surface area contributed by atoms with E-state index in [1.54, 1.807) is 135 Å². The molecular formula is C64H62N26O6. The molecule has 32 heteroatoms. The summed E-state index contributed by atoms with van der Waals surface area (Å²) in [5.74, 6) is -1.84. The molecule has 8 N–H and O–H groups in total. The van der Waals surface area contributed by atoms with Crippen molar-refractivity contribution in [3.05, 3.63) is 182 Å². The van der Waals surface area contributed by atoms with Crippen molar-refractivity contribution in [1.29, 1.82) is 0 Å². The fraction of sp³-hybridized carbons (Fsp3) is 0.203. The summed E-state index contributed by atoms with van der Waals surface area (Å²) in [5.41, 5.74) is 15.2. The van der Waals surface area contributed by atoms with Crippen LogP contribution in [0.5, 0.6) is 0 Å². The monoisotopic (exact) mass is 1290 g/mol. The average Bonchev–Trinajstić information content (AvgIpc) is 1.90. The number of carboxylic acid groups (broad SMARTS) is 1. The third-order valence-electron chi connectivity index (χ3n) is 15.8. The van der Waals surface area contributed by atoms with Gasteiger partial charge in [0.15, 0.2) is 28.0 Å². The molecule has 0 saturated heterocycles. The zero-order chi connectivity index (χ0) is 65.5. The van der Waals surface area contributed by atoms with Crippen LogP contribution in [0.15, 0.2) is 165 Å². The summed E-state index contributed by atoms with van der Waals surface area (Å²) < 4.78 is 14.5. The first-order valence-electron chi connectivity index (χ1n) is 29.3. The molecule has 1 amide bonds.